The van der Waals surface area contributed by atoms with E-state index >= 15 is 0 Å². The minimum atomic E-state index is -5.13. The molecule has 86 heavy (non-hydrogen) atoms. The second-order valence-electron chi connectivity index (χ2n) is 26.6. The fourth-order valence-corrected chi connectivity index (χ4v) is 16.3. The Bertz CT molecular complexity index is 2430. The number of ether oxygens (including phenoxy) is 10. The van der Waals surface area contributed by atoms with E-state index in [-0.39, 0.29) is 78.3 Å². The number of ketones is 1. The van der Waals surface area contributed by atoms with Gasteiger partial charge in [0.05, 0.1) is 49.3 Å². The van der Waals surface area contributed by atoms with Gasteiger partial charge in [-0.05, 0) is 113 Å². The van der Waals surface area contributed by atoms with Gasteiger partial charge < -0.3 is 118 Å². The van der Waals surface area contributed by atoms with Crippen molar-refractivity contribution in [2.24, 2.45) is 40.4 Å². The van der Waals surface area contributed by atoms with Crippen LogP contribution >= 0.6 is 0 Å². The zero-order valence-electron chi connectivity index (χ0n) is 50.1. The Morgan fingerprint density at radius 1 is 0.663 bits per heavy atom. The molecule has 0 amide bonds. The molecule has 9 aliphatic rings. The summed E-state index contributed by atoms with van der Waals surface area (Å²) < 4.78 is 102. The first kappa shape index (κ1) is 71.2. The number of carbonyl (C=O) groups excluding carboxylic acids is 1. The van der Waals surface area contributed by atoms with Gasteiger partial charge in [0.2, 0.25) is 10.4 Å². The minimum absolute atomic E-state index is 0. The predicted molar refractivity (Wildman–Crippen MR) is 284 cm³/mol. The van der Waals surface area contributed by atoms with Crippen LogP contribution in [0.1, 0.15) is 113 Å². The van der Waals surface area contributed by atoms with Gasteiger partial charge in [-0.1, -0.05) is 39.3 Å². The van der Waals surface area contributed by atoms with Gasteiger partial charge in [-0.15, -0.1) is 0 Å². The molecular weight excluding hydrogens is 1180 g/mol. The summed E-state index contributed by atoms with van der Waals surface area (Å²) >= 11 is 0. The topological polar surface area (TPSA) is 439 Å². The van der Waals surface area contributed by atoms with Crippen molar-refractivity contribution in [2.75, 3.05) is 13.2 Å². The van der Waals surface area contributed by atoms with Crippen molar-refractivity contribution in [3.05, 3.63) is 11.6 Å². The Kier molecular flexibility index (Phi) is 23.0. The fraction of sp³-hybridized carbons (Fsp3) is 0.946. The number of carbonyl (C=O) groups is 1. The Morgan fingerprint density at radius 3 is 1.78 bits per heavy atom. The van der Waals surface area contributed by atoms with E-state index in [1.54, 1.807) is 6.92 Å². The van der Waals surface area contributed by atoms with Crippen LogP contribution < -0.4 is 29.6 Å². The van der Waals surface area contributed by atoms with Gasteiger partial charge in [0.25, 0.3) is 0 Å². The maximum Gasteiger partial charge on any atom is 1.00 e. The monoisotopic (exact) mass is 1270 g/mol. The Balaban J connectivity index is 0.00000961. The summed E-state index contributed by atoms with van der Waals surface area (Å²) in [5.41, 5.74) is -1.31. The van der Waals surface area contributed by atoms with Crippen molar-refractivity contribution in [1.29, 1.82) is 0 Å². The molecule has 0 bridgehead atoms. The summed E-state index contributed by atoms with van der Waals surface area (Å²) in [4.78, 5) is 13.2. The molecule has 4 aliphatic carbocycles. The Hall–Kier alpha value is -0.640. The minimum Gasteiger partial charge on any atom is -0.726 e. The molecule has 3 saturated carbocycles. The molecule has 0 aromatic carbocycles. The van der Waals surface area contributed by atoms with Gasteiger partial charge in [0, 0.05) is 12.8 Å². The van der Waals surface area contributed by atoms with E-state index in [9.17, 15) is 84.1 Å². The number of allylic oxidation sites excluding steroid dienone is 2. The number of rotatable bonds is 18. The molecule has 30 heteroatoms. The van der Waals surface area contributed by atoms with Crippen molar-refractivity contribution in [1.82, 2.24) is 0 Å². The van der Waals surface area contributed by atoms with Crippen molar-refractivity contribution in [3.63, 3.8) is 0 Å². The smallest absolute Gasteiger partial charge is 0.726 e. The van der Waals surface area contributed by atoms with E-state index in [2.05, 4.69) is 19.9 Å². The molecule has 5 aliphatic heterocycles. The van der Waals surface area contributed by atoms with E-state index in [0.29, 0.717) is 38.5 Å². The van der Waals surface area contributed by atoms with Gasteiger partial charge in [-0.3, -0.25) is 8.98 Å². The standard InChI is InChI=1S/C56H92O28S.Na/c1-21(2)15-25(58)18-56(8,70)34-10-9-28-27-17-31(30-16-26(84-85(71,72)73)11-13-54(30,6)29(27)12-14-55(28,34)7)78-51-45(69)46(37(61)24(5)77-51)81-52-47(82-49-43(67)40(64)35(59)22(3)75-49)39(63)33(20-74-52)80-53-48(42(66)38(62)32(19-57)79-53)83-50-44(68)41(65)36(60)23(4)76-50;/h12,21-24,26-28,30-53,57,59-70H,9-11,13-20H2,1-8H3,(H,71,72,73);/q;+1/p-1/t22?,23?,24?,26-,27?,28?,30?,31-,32?,33?,34-,35?,36?,37?,38?,39?,40?,41?,42?,43?,44?,45?,46?,47?,48?,49?,50?,51?,52?,53?,54+,55-,56-;/m0./s1. The average molecular weight is 1270 g/mol. The van der Waals surface area contributed by atoms with E-state index in [0.717, 1.165) is 5.57 Å². The van der Waals surface area contributed by atoms with Crippen LogP contribution in [0.4, 0.5) is 0 Å². The third kappa shape index (κ3) is 14.2. The Morgan fingerprint density at radius 2 is 1.21 bits per heavy atom. The number of hydrogen-bond donors (Lipinski definition) is 13. The number of Topliss-reactive ketones (excluding diaryl/α,β-unsaturated/α-hetero) is 1. The van der Waals surface area contributed by atoms with Crippen LogP contribution in [0.3, 0.4) is 0 Å². The first-order chi connectivity index (χ1) is 39.7. The molecule has 33 atom stereocenters. The third-order valence-electron chi connectivity index (χ3n) is 20.3. The maximum absolute atomic E-state index is 13.2. The molecule has 0 spiro atoms. The van der Waals surface area contributed by atoms with Crippen LogP contribution in [0.25, 0.3) is 0 Å². The number of aliphatic hydroxyl groups is 13. The van der Waals surface area contributed by atoms with Crippen molar-refractivity contribution >= 4 is 16.2 Å². The summed E-state index contributed by atoms with van der Waals surface area (Å²) in [6.45, 7) is 12.5. The van der Waals surface area contributed by atoms with E-state index in [4.69, 9.17) is 51.6 Å². The van der Waals surface area contributed by atoms with Crippen LogP contribution in [0.15, 0.2) is 11.6 Å². The zero-order valence-corrected chi connectivity index (χ0v) is 52.9. The summed E-state index contributed by atoms with van der Waals surface area (Å²) in [6, 6.07) is 0. The molecule has 5 heterocycles. The summed E-state index contributed by atoms with van der Waals surface area (Å²) in [5.74, 6) is -0.864. The quantitative estimate of drug-likeness (QED) is 0.0263. The average Bonchev–Trinajstić information content (AvgIpc) is 1.30. The normalized spacial score (nSPS) is 50.7. The molecule has 0 aromatic heterocycles. The van der Waals surface area contributed by atoms with Crippen LogP contribution in [-0.2, 0) is 66.7 Å². The zero-order chi connectivity index (χ0) is 62.3. The second-order valence-corrected chi connectivity index (χ2v) is 27.7. The SMILES string of the molecule is CC(C)CC(=O)C[C@](C)(O)[C@H]1CCC2C3C[C@H](OC4OC(C)C(O)C(OC5OCC(OC6OC(CO)C(O)C(O)C6OC6OC(C)C(O)C(O)C6O)C(O)C5OC5OC(C)C(O)C(O)C5O)C4O)C4C[C@@H](OS(=O)(=O)[O-])CC[C@]4(C)C3=CC[C@@]21C.[Na+]. The van der Waals surface area contributed by atoms with Crippen LogP contribution in [0, 0.1) is 40.4 Å². The van der Waals surface area contributed by atoms with Gasteiger partial charge in [0.15, 0.2) is 31.5 Å². The third-order valence-corrected chi connectivity index (χ3v) is 20.8. The van der Waals surface area contributed by atoms with Gasteiger partial charge >= 0.3 is 29.6 Å². The largest absolute Gasteiger partial charge is 1.00 e. The van der Waals surface area contributed by atoms with Crippen molar-refractivity contribution in [2.45, 2.75) is 278 Å². The second kappa shape index (κ2) is 27.7. The van der Waals surface area contributed by atoms with Gasteiger partial charge in [-0.2, -0.15) is 0 Å². The molecule has 0 aromatic rings. The van der Waals surface area contributed by atoms with Crippen LogP contribution in [-0.4, -0.2) is 264 Å². The molecule has 0 radical (unpaired) electrons. The van der Waals surface area contributed by atoms with E-state index < -0.39 is 206 Å². The Labute approximate surface area is 522 Å². The van der Waals surface area contributed by atoms with E-state index in [1.165, 1.54) is 20.8 Å². The van der Waals surface area contributed by atoms with Crippen LogP contribution in [0.2, 0.25) is 0 Å². The first-order valence-electron chi connectivity index (χ1n) is 29.9. The van der Waals surface area contributed by atoms with E-state index in [1.807, 2.05) is 13.8 Å². The number of aliphatic hydroxyl groups excluding tert-OH is 12. The molecule has 27 unspecified atom stereocenters. The molecule has 9 rings (SSSR count). The van der Waals surface area contributed by atoms with Gasteiger partial charge in [0.1, 0.15) is 103 Å². The fourth-order valence-electron chi connectivity index (χ4n) is 15.8. The summed E-state index contributed by atoms with van der Waals surface area (Å²) in [5, 5.41) is 145. The molecule has 8 fully saturated rings. The predicted octanol–water partition coefficient (Wildman–Crippen LogP) is -6.02. The number of hydrogen-bond acceptors (Lipinski definition) is 28. The summed E-state index contributed by atoms with van der Waals surface area (Å²) in [7, 11) is -5.13. The molecule has 13 N–H and O–H groups in total. The molecule has 28 nitrogen and oxygen atoms in total. The van der Waals surface area contributed by atoms with Crippen LogP contribution in [0.5, 0.6) is 0 Å². The van der Waals surface area contributed by atoms with Gasteiger partial charge in [-0.25, -0.2) is 8.42 Å². The summed E-state index contributed by atoms with van der Waals surface area (Å²) in [6.07, 6.45) is -37.5. The van der Waals surface area contributed by atoms with Crippen molar-refractivity contribution in [3.8, 4) is 0 Å². The first-order valence-corrected chi connectivity index (χ1v) is 31.2. The molecule has 5 saturated heterocycles. The molecular formula is C56H91NaO28S. The number of fused-ring (bicyclic) bond motifs is 5. The van der Waals surface area contributed by atoms with Crippen molar-refractivity contribution < 1.29 is 165 Å². The molecule has 490 valence electrons. The maximum atomic E-state index is 13.2.